The first-order chi connectivity index (χ1) is 10.7. The zero-order chi connectivity index (χ0) is 15.5. The summed E-state index contributed by atoms with van der Waals surface area (Å²) in [4.78, 5) is 19.4. The van der Waals surface area contributed by atoms with E-state index in [1.54, 1.807) is 0 Å². The molecule has 1 N–H and O–H groups in total. The summed E-state index contributed by atoms with van der Waals surface area (Å²) in [6.07, 6.45) is 0. The highest BCUT2D eigenvalue weighted by Crippen LogP contribution is 2.23. The van der Waals surface area contributed by atoms with Crippen LogP contribution in [-0.4, -0.2) is 9.97 Å². The second-order valence-corrected chi connectivity index (χ2v) is 4.99. The van der Waals surface area contributed by atoms with Gasteiger partial charge < -0.3 is 4.98 Å². The number of benzene rings is 2. The number of rotatable bonds is 2. The lowest BCUT2D eigenvalue weighted by Gasteiger charge is -2.07. The standard InChI is InChI=1S/C18H13N3O/c1-12-6-5-9-14(10-12)16-15(11-19)18(22)21-17(20-16)13-7-3-2-4-8-13/h2-10H,1H3,(H,20,21,22). The van der Waals surface area contributed by atoms with Crippen LogP contribution in [-0.2, 0) is 0 Å². The molecule has 2 aromatic carbocycles. The molecule has 4 heteroatoms. The minimum atomic E-state index is -0.423. The molecule has 0 atom stereocenters. The van der Waals surface area contributed by atoms with E-state index in [0.717, 1.165) is 16.7 Å². The van der Waals surface area contributed by atoms with E-state index in [1.165, 1.54) is 0 Å². The number of nitrogens with one attached hydrogen (secondary N) is 1. The zero-order valence-corrected chi connectivity index (χ0v) is 12.0. The molecule has 0 bridgehead atoms. The number of hydrogen-bond acceptors (Lipinski definition) is 3. The van der Waals surface area contributed by atoms with Crippen LogP contribution in [0.3, 0.4) is 0 Å². The van der Waals surface area contributed by atoms with E-state index in [2.05, 4.69) is 9.97 Å². The van der Waals surface area contributed by atoms with Crippen LogP contribution in [0.5, 0.6) is 0 Å². The van der Waals surface area contributed by atoms with E-state index in [1.807, 2.05) is 67.6 Å². The third-order valence-corrected chi connectivity index (χ3v) is 3.37. The number of aryl methyl sites for hydroxylation is 1. The van der Waals surface area contributed by atoms with Gasteiger partial charge in [0, 0.05) is 11.1 Å². The summed E-state index contributed by atoms with van der Waals surface area (Å²) in [5, 5.41) is 9.28. The molecule has 1 aromatic heterocycles. The Balaban J connectivity index is 2.27. The molecular formula is C18H13N3O. The predicted molar refractivity (Wildman–Crippen MR) is 85.2 cm³/mol. The van der Waals surface area contributed by atoms with Gasteiger partial charge in [-0.25, -0.2) is 4.98 Å². The number of aromatic nitrogens is 2. The first-order valence-electron chi connectivity index (χ1n) is 6.86. The van der Waals surface area contributed by atoms with Crippen molar-refractivity contribution < 1.29 is 0 Å². The van der Waals surface area contributed by atoms with E-state index >= 15 is 0 Å². The van der Waals surface area contributed by atoms with Crippen molar-refractivity contribution in [3.05, 3.63) is 76.1 Å². The summed E-state index contributed by atoms with van der Waals surface area (Å²) >= 11 is 0. The highest BCUT2D eigenvalue weighted by molar-refractivity contribution is 5.69. The van der Waals surface area contributed by atoms with Crippen LogP contribution in [0.15, 0.2) is 59.4 Å². The molecule has 0 saturated carbocycles. The van der Waals surface area contributed by atoms with Gasteiger partial charge in [-0.2, -0.15) is 5.26 Å². The van der Waals surface area contributed by atoms with Gasteiger partial charge in [0.05, 0.1) is 5.69 Å². The van der Waals surface area contributed by atoms with Gasteiger partial charge in [-0.1, -0.05) is 54.1 Å². The Morgan fingerprint density at radius 2 is 1.77 bits per heavy atom. The molecule has 0 saturated heterocycles. The number of aromatic amines is 1. The van der Waals surface area contributed by atoms with E-state index in [9.17, 15) is 10.1 Å². The Labute approximate surface area is 127 Å². The van der Waals surface area contributed by atoms with Crippen molar-refractivity contribution in [1.29, 1.82) is 5.26 Å². The molecular weight excluding hydrogens is 274 g/mol. The fourth-order valence-electron chi connectivity index (χ4n) is 2.31. The van der Waals surface area contributed by atoms with Gasteiger partial charge in [0.15, 0.2) is 0 Å². The second kappa shape index (κ2) is 5.66. The lowest BCUT2D eigenvalue weighted by atomic mass is 10.0. The monoisotopic (exact) mass is 287 g/mol. The molecule has 3 rings (SSSR count). The van der Waals surface area contributed by atoms with Crippen molar-refractivity contribution in [3.8, 4) is 28.7 Å². The number of H-pyrrole nitrogens is 1. The van der Waals surface area contributed by atoms with Crippen LogP contribution < -0.4 is 5.56 Å². The third-order valence-electron chi connectivity index (χ3n) is 3.37. The van der Waals surface area contributed by atoms with Crippen LogP contribution in [0.25, 0.3) is 22.6 Å². The number of hydrogen-bond donors (Lipinski definition) is 1. The topological polar surface area (TPSA) is 69.5 Å². The van der Waals surface area contributed by atoms with Crippen molar-refractivity contribution in [2.24, 2.45) is 0 Å². The van der Waals surface area contributed by atoms with E-state index in [-0.39, 0.29) is 5.56 Å². The fourth-order valence-corrected chi connectivity index (χ4v) is 2.31. The van der Waals surface area contributed by atoms with Crippen LogP contribution in [0.4, 0.5) is 0 Å². The maximum Gasteiger partial charge on any atom is 0.269 e. The molecule has 3 aromatic rings. The average molecular weight is 287 g/mol. The third kappa shape index (κ3) is 2.52. The summed E-state index contributed by atoms with van der Waals surface area (Å²) < 4.78 is 0. The van der Waals surface area contributed by atoms with Gasteiger partial charge in [0.25, 0.3) is 5.56 Å². The molecule has 0 amide bonds. The average Bonchev–Trinajstić information content (AvgIpc) is 2.55. The van der Waals surface area contributed by atoms with Crippen LogP contribution in [0.2, 0.25) is 0 Å². The SMILES string of the molecule is Cc1cccc(-c2nc(-c3ccccc3)[nH]c(=O)c2C#N)c1. The zero-order valence-electron chi connectivity index (χ0n) is 12.0. The van der Waals surface area contributed by atoms with Crippen molar-refractivity contribution in [1.82, 2.24) is 9.97 Å². The molecule has 0 aliphatic heterocycles. The lowest BCUT2D eigenvalue weighted by molar-refractivity contribution is 1.11. The molecule has 0 spiro atoms. The summed E-state index contributed by atoms with van der Waals surface area (Å²) in [7, 11) is 0. The van der Waals surface area contributed by atoms with Crippen molar-refractivity contribution in [2.75, 3.05) is 0 Å². The summed E-state index contributed by atoms with van der Waals surface area (Å²) in [5.41, 5.74) is 2.63. The Morgan fingerprint density at radius 3 is 2.45 bits per heavy atom. The van der Waals surface area contributed by atoms with E-state index in [4.69, 9.17) is 0 Å². The number of nitrogens with zero attached hydrogens (tertiary/aromatic N) is 2. The molecule has 0 unspecified atom stereocenters. The maximum atomic E-state index is 12.2. The Kier molecular flexibility index (Phi) is 3.55. The minimum absolute atomic E-state index is 0.0327. The summed E-state index contributed by atoms with van der Waals surface area (Å²) in [6, 6.07) is 18.9. The molecule has 4 nitrogen and oxygen atoms in total. The molecule has 0 aliphatic carbocycles. The molecule has 0 fully saturated rings. The van der Waals surface area contributed by atoms with E-state index < -0.39 is 5.56 Å². The largest absolute Gasteiger partial charge is 0.305 e. The number of nitriles is 1. The molecule has 0 radical (unpaired) electrons. The van der Waals surface area contributed by atoms with Crippen molar-refractivity contribution in [3.63, 3.8) is 0 Å². The Hall–Kier alpha value is -3.19. The molecule has 1 heterocycles. The van der Waals surface area contributed by atoms with Crippen molar-refractivity contribution in [2.45, 2.75) is 6.92 Å². The molecule has 22 heavy (non-hydrogen) atoms. The van der Waals surface area contributed by atoms with Gasteiger partial charge >= 0.3 is 0 Å². The second-order valence-electron chi connectivity index (χ2n) is 4.99. The quantitative estimate of drug-likeness (QED) is 0.786. The smallest absolute Gasteiger partial charge is 0.269 e. The highest BCUT2D eigenvalue weighted by Gasteiger charge is 2.14. The Morgan fingerprint density at radius 1 is 1.05 bits per heavy atom. The van der Waals surface area contributed by atoms with Gasteiger partial charge in [-0.15, -0.1) is 0 Å². The van der Waals surface area contributed by atoms with Gasteiger partial charge in [-0.05, 0) is 13.0 Å². The minimum Gasteiger partial charge on any atom is -0.305 e. The van der Waals surface area contributed by atoms with Gasteiger partial charge in [-0.3, -0.25) is 4.79 Å². The Bertz CT molecular complexity index is 921. The highest BCUT2D eigenvalue weighted by atomic mass is 16.1. The van der Waals surface area contributed by atoms with Crippen LogP contribution in [0.1, 0.15) is 11.1 Å². The molecule has 106 valence electrons. The van der Waals surface area contributed by atoms with E-state index in [0.29, 0.717) is 11.5 Å². The van der Waals surface area contributed by atoms with Crippen LogP contribution in [0, 0.1) is 18.3 Å². The summed E-state index contributed by atoms with van der Waals surface area (Å²) in [5.74, 6) is 0.459. The van der Waals surface area contributed by atoms with Gasteiger partial charge in [0.1, 0.15) is 17.5 Å². The first kappa shape index (κ1) is 13.8. The van der Waals surface area contributed by atoms with Crippen LogP contribution >= 0.6 is 0 Å². The van der Waals surface area contributed by atoms with Gasteiger partial charge in [0.2, 0.25) is 0 Å². The fraction of sp³-hybridized carbons (Fsp3) is 0.0556. The first-order valence-corrected chi connectivity index (χ1v) is 6.86. The van der Waals surface area contributed by atoms with Crippen molar-refractivity contribution >= 4 is 0 Å². The summed E-state index contributed by atoms with van der Waals surface area (Å²) in [6.45, 7) is 1.96. The lowest BCUT2D eigenvalue weighted by Crippen LogP contribution is -2.15. The normalized spacial score (nSPS) is 10.2. The predicted octanol–water partition coefficient (Wildman–Crippen LogP) is 3.28. The molecule has 0 aliphatic rings. The maximum absolute atomic E-state index is 12.2.